The first-order chi connectivity index (χ1) is 7.14. The number of nitrogens with two attached hydrogens (primary N) is 1. The van der Waals surface area contributed by atoms with Crippen molar-refractivity contribution in [1.29, 1.82) is 0 Å². The summed E-state index contributed by atoms with van der Waals surface area (Å²) in [5.74, 6) is 0. The van der Waals surface area contributed by atoms with E-state index in [1.165, 1.54) is 51.6 Å². The Morgan fingerprint density at radius 1 is 1.27 bits per heavy atom. The molecule has 2 fully saturated rings. The predicted molar refractivity (Wildman–Crippen MR) is 64.8 cm³/mol. The van der Waals surface area contributed by atoms with Crippen molar-refractivity contribution < 1.29 is 0 Å². The van der Waals surface area contributed by atoms with E-state index >= 15 is 0 Å². The molecule has 0 bridgehead atoms. The fourth-order valence-electron chi connectivity index (χ4n) is 3.17. The number of rotatable bonds is 2. The van der Waals surface area contributed by atoms with Crippen LogP contribution in [0.2, 0.25) is 0 Å². The predicted octanol–water partition coefficient (Wildman–Crippen LogP) is 2.38. The third-order valence-corrected chi connectivity index (χ3v) is 4.86. The van der Waals surface area contributed by atoms with Gasteiger partial charge in [-0.15, -0.1) is 0 Å². The molecule has 0 radical (unpaired) electrons. The van der Waals surface area contributed by atoms with Crippen LogP contribution in [0, 0.1) is 5.41 Å². The number of likely N-dealkylation sites (tertiary alicyclic amines) is 1. The molecule has 2 rings (SSSR count). The molecule has 0 aromatic carbocycles. The third-order valence-electron chi connectivity index (χ3n) is 4.86. The monoisotopic (exact) mass is 210 g/mol. The Bertz CT molecular complexity index is 207. The van der Waals surface area contributed by atoms with Crippen molar-refractivity contribution in [2.24, 2.45) is 11.1 Å². The zero-order valence-electron chi connectivity index (χ0n) is 10.3. The van der Waals surface area contributed by atoms with Gasteiger partial charge in [0, 0.05) is 12.1 Å². The van der Waals surface area contributed by atoms with Gasteiger partial charge in [0.1, 0.15) is 0 Å². The van der Waals surface area contributed by atoms with E-state index in [2.05, 4.69) is 18.7 Å². The molecule has 0 aromatic heterocycles. The molecule has 2 heteroatoms. The maximum Gasteiger partial charge on any atom is 0.0247 e. The van der Waals surface area contributed by atoms with E-state index < -0.39 is 0 Å². The molecule has 15 heavy (non-hydrogen) atoms. The lowest BCUT2D eigenvalue weighted by atomic mass is 9.78. The number of hydrogen-bond acceptors (Lipinski definition) is 2. The van der Waals surface area contributed by atoms with Crippen molar-refractivity contribution >= 4 is 0 Å². The number of hydrogen-bond donors (Lipinski definition) is 1. The van der Waals surface area contributed by atoms with Gasteiger partial charge in [-0.25, -0.2) is 0 Å². The third kappa shape index (κ3) is 2.36. The maximum absolute atomic E-state index is 6.17. The Hall–Kier alpha value is -0.0800. The Balaban J connectivity index is 1.88. The molecule has 2 unspecified atom stereocenters. The van der Waals surface area contributed by atoms with E-state index in [1.54, 1.807) is 0 Å². The Kier molecular flexibility index (Phi) is 3.36. The molecule has 2 aliphatic rings. The normalized spacial score (nSPS) is 37.0. The molecule has 0 amide bonds. The highest BCUT2D eigenvalue weighted by Crippen LogP contribution is 2.36. The molecule has 1 saturated heterocycles. The average molecular weight is 210 g/mol. The minimum absolute atomic E-state index is 0.455. The van der Waals surface area contributed by atoms with Gasteiger partial charge in [-0.2, -0.15) is 0 Å². The van der Waals surface area contributed by atoms with Gasteiger partial charge in [0.15, 0.2) is 0 Å². The maximum atomic E-state index is 6.17. The van der Waals surface area contributed by atoms with E-state index in [9.17, 15) is 0 Å². The molecule has 1 aliphatic carbocycles. The fraction of sp³-hybridized carbons (Fsp3) is 1.00. The lowest BCUT2D eigenvalue weighted by Crippen LogP contribution is -2.49. The SMILES string of the molecule is CCC1(C)CCN(C2CCCC2N)CC1. The quantitative estimate of drug-likeness (QED) is 0.758. The standard InChI is InChI=1S/C13H26N2/c1-3-13(2)7-9-15(10-8-13)12-6-4-5-11(12)14/h11-12H,3-10,14H2,1-2H3. The fourth-order valence-corrected chi connectivity index (χ4v) is 3.17. The van der Waals surface area contributed by atoms with Crippen LogP contribution in [0.15, 0.2) is 0 Å². The van der Waals surface area contributed by atoms with Crippen LogP contribution in [-0.2, 0) is 0 Å². The second-order valence-corrected chi connectivity index (χ2v) is 5.86. The summed E-state index contributed by atoms with van der Waals surface area (Å²) in [5, 5.41) is 0. The van der Waals surface area contributed by atoms with Gasteiger partial charge >= 0.3 is 0 Å². The first kappa shape index (κ1) is 11.4. The van der Waals surface area contributed by atoms with Gasteiger partial charge in [-0.3, -0.25) is 4.90 Å². The van der Waals surface area contributed by atoms with Crippen LogP contribution in [0.4, 0.5) is 0 Å². The lowest BCUT2D eigenvalue weighted by molar-refractivity contribution is 0.0771. The zero-order chi connectivity index (χ0) is 10.9. The van der Waals surface area contributed by atoms with Crippen LogP contribution in [0.5, 0.6) is 0 Å². The minimum atomic E-state index is 0.455. The summed E-state index contributed by atoms with van der Waals surface area (Å²) in [5.41, 5.74) is 6.78. The second kappa shape index (κ2) is 4.42. The smallest absolute Gasteiger partial charge is 0.0247 e. The summed E-state index contributed by atoms with van der Waals surface area (Å²) < 4.78 is 0. The van der Waals surface area contributed by atoms with Crippen LogP contribution in [0.3, 0.4) is 0 Å². The molecule has 2 nitrogen and oxygen atoms in total. The van der Waals surface area contributed by atoms with Crippen LogP contribution in [0.25, 0.3) is 0 Å². The van der Waals surface area contributed by atoms with Gasteiger partial charge in [0.05, 0.1) is 0 Å². The van der Waals surface area contributed by atoms with Crippen LogP contribution < -0.4 is 5.73 Å². The summed E-state index contributed by atoms with van der Waals surface area (Å²) in [6.45, 7) is 7.33. The second-order valence-electron chi connectivity index (χ2n) is 5.86. The molecule has 1 aliphatic heterocycles. The van der Waals surface area contributed by atoms with E-state index in [0.717, 1.165) is 0 Å². The molecule has 1 saturated carbocycles. The van der Waals surface area contributed by atoms with Gasteiger partial charge in [0.2, 0.25) is 0 Å². The van der Waals surface area contributed by atoms with Crippen LogP contribution >= 0.6 is 0 Å². The summed E-state index contributed by atoms with van der Waals surface area (Å²) in [6.07, 6.45) is 7.99. The molecular formula is C13H26N2. The lowest BCUT2D eigenvalue weighted by Gasteiger charge is -2.42. The number of piperidine rings is 1. The topological polar surface area (TPSA) is 29.3 Å². The molecule has 2 atom stereocenters. The van der Waals surface area contributed by atoms with E-state index in [-0.39, 0.29) is 0 Å². The molecular weight excluding hydrogens is 184 g/mol. The van der Waals surface area contributed by atoms with Crippen molar-refractivity contribution in [1.82, 2.24) is 4.90 Å². The van der Waals surface area contributed by atoms with Crippen molar-refractivity contribution in [3.05, 3.63) is 0 Å². The first-order valence-electron chi connectivity index (χ1n) is 6.64. The molecule has 88 valence electrons. The van der Waals surface area contributed by atoms with Crippen molar-refractivity contribution in [2.45, 2.75) is 64.5 Å². The molecule has 1 heterocycles. The van der Waals surface area contributed by atoms with E-state index in [0.29, 0.717) is 17.5 Å². The van der Waals surface area contributed by atoms with E-state index in [1.807, 2.05) is 0 Å². The van der Waals surface area contributed by atoms with Crippen LogP contribution in [0.1, 0.15) is 52.4 Å². The van der Waals surface area contributed by atoms with Crippen LogP contribution in [-0.4, -0.2) is 30.1 Å². The minimum Gasteiger partial charge on any atom is -0.326 e. The molecule has 0 spiro atoms. The van der Waals surface area contributed by atoms with Gasteiger partial charge in [-0.1, -0.05) is 26.7 Å². The highest BCUT2D eigenvalue weighted by molar-refractivity contribution is 4.92. The van der Waals surface area contributed by atoms with Crippen molar-refractivity contribution in [2.75, 3.05) is 13.1 Å². The summed E-state index contributed by atoms with van der Waals surface area (Å²) >= 11 is 0. The molecule has 0 aromatic rings. The summed E-state index contributed by atoms with van der Waals surface area (Å²) in [6, 6.07) is 1.15. The largest absolute Gasteiger partial charge is 0.326 e. The van der Waals surface area contributed by atoms with Crippen molar-refractivity contribution in [3.63, 3.8) is 0 Å². The Morgan fingerprint density at radius 2 is 1.93 bits per heavy atom. The summed E-state index contributed by atoms with van der Waals surface area (Å²) in [7, 11) is 0. The first-order valence-corrected chi connectivity index (χ1v) is 6.64. The summed E-state index contributed by atoms with van der Waals surface area (Å²) in [4.78, 5) is 2.66. The average Bonchev–Trinajstić information content (AvgIpc) is 2.66. The van der Waals surface area contributed by atoms with Gasteiger partial charge in [-0.05, 0) is 44.2 Å². The Morgan fingerprint density at radius 3 is 2.40 bits per heavy atom. The number of nitrogens with zero attached hydrogens (tertiary/aromatic N) is 1. The zero-order valence-corrected chi connectivity index (χ0v) is 10.3. The van der Waals surface area contributed by atoms with Gasteiger partial charge < -0.3 is 5.73 Å². The Labute approximate surface area is 94.2 Å². The van der Waals surface area contributed by atoms with Crippen molar-refractivity contribution in [3.8, 4) is 0 Å². The highest BCUT2D eigenvalue weighted by atomic mass is 15.2. The van der Waals surface area contributed by atoms with Gasteiger partial charge in [0.25, 0.3) is 0 Å². The highest BCUT2D eigenvalue weighted by Gasteiger charge is 2.35. The molecule has 2 N–H and O–H groups in total. The van der Waals surface area contributed by atoms with E-state index in [4.69, 9.17) is 5.73 Å².